The van der Waals surface area contributed by atoms with E-state index in [1.54, 1.807) is 55.0 Å². The number of hydrogen-bond donors (Lipinski definition) is 0. The van der Waals surface area contributed by atoms with Crippen LogP contribution in [0.15, 0.2) is 86.7 Å². The number of furan rings is 1. The van der Waals surface area contributed by atoms with Crippen molar-refractivity contribution in [1.82, 2.24) is 9.88 Å². The largest absolute Gasteiger partial charge is 0.467 e. The first-order valence-corrected chi connectivity index (χ1v) is 9.52. The lowest BCUT2D eigenvalue weighted by Crippen LogP contribution is -2.28. The first-order chi connectivity index (χ1) is 14.2. The Hall–Kier alpha value is -3.52. The van der Waals surface area contributed by atoms with Gasteiger partial charge in [-0.1, -0.05) is 24.3 Å². The highest BCUT2D eigenvalue weighted by Gasteiger charge is 2.34. The second-order valence-electron chi connectivity index (χ2n) is 6.02. The van der Waals surface area contributed by atoms with Gasteiger partial charge in [0, 0.05) is 23.5 Å². The van der Waals surface area contributed by atoms with Gasteiger partial charge in [-0.2, -0.15) is 5.10 Å². The average molecular weight is 406 g/mol. The number of halogens is 1. The van der Waals surface area contributed by atoms with Crippen molar-refractivity contribution in [3.63, 3.8) is 0 Å². The molecular weight excluding hydrogens is 391 g/mol. The predicted molar refractivity (Wildman–Crippen MR) is 110 cm³/mol. The minimum atomic E-state index is -0.397. The number of amidine groups is 1. The zero-order valence-corrected chi connectivity index (χ0v) is 15.9. The van der Waals surface area contributed by atoms with E-state index in [-0.39, 0.29) is 12.5 Å². The predicted octanol–water partition coefficient (Wildman–Crippen LogP) is 4.32. The van der Waals surface area contributed by atoms with Crippen LogP contribution >= 0.6 is 11.8 Å². The van der Waals surface area contributed by atoms with Crippen molar-refractivity contribution in [3.8, 4) is 0 Å². The molecule has 0 unspecified atom stereocenters. The Morgan fingerprint density at radius 2 is 2.07 bits per heavy atom. The van der Waals surface area contributed by atoms with Crippen molar-refractivity contribution in [2.24, 2.45) is 10.2 Å². The molecule has 1 aromatic carbocycles. The van der Waals surface area contributed by atoms with Crippen molar-refractivity contribution in [2.75, 3.05) is 0 Å². The molecule has 2 aromatic heterocycles. The summed E-state index contributed by atoms with van der Waals surface area (Å²) in [5, 5.41) is 8.65. The topological polar surface area (TPSA) is 71.1 Å². The number of benzene rings is 1. The molecule has 29 heavy (non-hydrogen) atoms. The molecule has 0 N–H and O–H groups in total. The Morgan fingerprint density at radius 1 is 1.17 bits per heavy atom. The molecule has 6 nitrogen and oxygen atoms in total. The maximum atomic E-state index is 14.0. The van der Waals surface area contributed by atoms with E-state index >= 15 is 0 Å². The van der Waals surface area contributed by atoms with E-state index in [1.165, 1.54) is 23.3 Å². The van der Waals surface area contributed by atoms with Gasteiger partial charge in [-0.05, 0) is 42.1 Å². The molecule has 1 saturated heterocycles. The highest BCUT2D eigenvalue weighted by atomic mass is 32.2. The van der Waals surface area contributed by atoms with E-state index < -0.39 is 5.82 Å². The molecule has 0 radical (unpaired) electrons. The molecule has 1 aliphatic heterocycles. The highest BCUT2D eigenvalue weighted by Crippen LogP contribution is 2.34. The lowest BCUT2D eigenvalue weighted by Gasteiger charge is -2.12. The number of thioether (sulfide) groups is 1. The van der Waals surface area contributed by atoms with Crippen LogP contribution < -0.4 is 0 Å². The molecule has 0 aliphatic carbocycles. The van der Waals surface area contributed by atoms with E-state index in [2.05, 4.69) is 15.2 Å². The molecular formula is C21H15FN4O2S. The minimum absolute atomic E-state index is 0.203. The van der Waals surface area contributed by atoms with Gasteiger partial charge in [0.05, 0.1) is 23.9 Å². The van der Waals surface area contributed by atoms with Gasteiger partial charge in [0.15, 0.2) is 5.17 Å². The summed E-state index contributed by atoms with van der Waals surface area (Å²) in [6.07, 6.45) is 7.93. The fraction of sp³-hybridized carbons (Fsp3) is 0.0476. The molecule has 144 valence electrons. The van der Waals surface area contributed by atoms with E-state index in [1.807, 2.05) is 6.07 Å². The smallest absolute Gasteiger partial charge is 0.267 e. The van der Waals surface area contributed by atoms with Crippen LogP contribution in [0.25, 0.3) is 6.08 Å². The zero-order valence-electron chi connectivity index (χ0n) is 15.1. The molecule has 0 bridgehead atoms. The second-order valence-corrected chi connectivity index (χ2v) is 7.03. The van der Waals surface area contributed by atoms with Gasteiger partial charge in [0.25, 0.3) is 5.91 Å². The van der Waals surface area contributed by atoms with E-state index in [0.29, 0.717) is 21.4 Å². The van der Waals surface area contributed by atoms with Crippen LogP contribution in [0.3, 0.4) is 0 Å². The summed E-state index contributed by atoms with van der Waals surface area (Å²) in [5.74, 6) is -0.0778. The van der Waals surface area contributed by atoms with Crippen LogP contribution in [0.5, 0.6) is 0 Å². The number of hydrogen-bond acceptors (Lipinski definition) is 6. The van der Waals surface area contributed by atoms with Gasteiger partial charge in [-0.15, -0.1) is 5.10 Å². The van der Waals surface area contributed by atoms with Crippen molar-refractivity contribution >= 4 is 35.1 Å². The molecule has 0 atom stereocenters. The highest BCUT2D eigenvalue weighted by molar-refractivity contribution is 8.18. The quantitative estimate of drug-likeness (QED) is 0.359. The van der Waals surface area contributed by atoms with E-state index in [4.69, 9.17) is 4.42 Å². The first-order valence-electron chi connectivity index (χ1n) is 8.70. The molecule has 1 fully saturated rings. The molecule has 3 aromatic rings. The second kappa shape index (κ2) is 8.66. The fourth-order valence-corrected chi connectivity index (χ4v) is 3.54. The van der Waals surface area contributed by atoms with Crippen LogP contribution in [-0.4, -0.2) is 27.2 Å². The van der Waals surface area contributed by atoms with Crippen molar-refractivity contribution < 1.29 is 13.6 Å². The summed E-state index contributed by atoms with van der Waals surface area (Å²) in [6.45, 7) is 0.203. The van der Waals surface area contributed by atoms with Crippen LogP contribution in [0, 0.1) is 5.82 Å². The van der Waals surface area contributed by atoms with E-state index in [0.717, 1.165) is 17.3 Å². The molecule has 8 heteroatoms. The lowest BCUT2D eigenvalue weighted by molar-refractivity contribution is -0.122. The molecule has 1 aliphatic rings. The lowest BCUT2D eigenvalue weighted by atomic mass is 10.2. The van der Waals surface area contributed by atoms with Gasteiger partial charge in [0.2, 0.25) is 0 Å². The Balaban J connectivity index is 1.64. The molecule has 4 rings (SSSR count). The van der Waals surface area contributed by atoms with Crippen molar-refractivity contribution in [2.45, 2.75) is 6.54 Å². The Labute approximate surface area is 170 Å². The van der Waals surface area contributed by atoms with Crippen LogP contribution in [-0.2, 0) is 11.3 Å². The number of nitrogens with zero attached hydrogens (tertiary/aromatic N) is 4. The summed E-state index contributed by atoms with van der Waals surface area (Å²) in [5.41, 5.74) is 1.12. The first kappa shape index (κ1) is 18.8. The minimum Gasteiger partial charge on any atom is -0.467 e. The number of amides is 1. The summed E-state index contributed by atoms with van der Waals surface area (Å²) < 4.78 is 19.4. The third-order valence-electron chi connectivity index (χ3n) is 4.01. The number of aromatic nitrogens is 1. The maximum absolute atomic E-state index is 14.0. The summed E-state index contributed by atoms with van der Waals surface area (Å²) in [6, 6.07) is 13.4. The molecule has 3 heterocycles. The molecule has 1 amide bonds. The normalized spacial score (nSPS) is 17.1. The monoisotopic (exact) mass is 406 g/mol. The van der Waals surface area contributed by atoms with Gasteiger partial charge in [0.1, 0.15) is 11.6 Å². The van der Waals surface area contributed by atoms with Gasteiger partial charge in [-0.3, -0.25) is 14.7 Å². The van der Waals surface area contributed by atoms with Gasteiger partial charge in [-0.25, -0.2) is 4.39 Å². The Morgan fingerprint density at radius 3 is 2.83 bits per heavy atom. The van der Waals surface area contributed by atoms with Crippen LogP contribution in [0.4, 0.5) is 4.39 Å². The standard InChI is InChI=1S/C21H15FN4O2S/c22-18-8-2-1-6-16(18)11-19-20(27)26(14-17-7-4-10-28-17)21(29-19)25-24-13-15-5-3-9-23-12-15/h1-13H,14H2/b19-11-,24-13+,25-21-. The number of rotatable bonds is 5. The third-order valence-corrected chi connectivity index (χ3v) is 5.01. The van der Waals surface area contributed by atoms with Crippen molar-refractivity contribution in [3.05, 3.63) is 94.8 Å². The van der Waals surface area contributed by atoms with Crippen molar-refractivity contribution in [1.29, 1.82) is 0 Å². The van der Waals surface area contributed by atoms with Gasteiger partial charge < -0.3 is 4.42 Å². The average Bonchev–Trinajstić information content (AvgIpc) is 3.35. The maximum Gasteiger partial charge on any atom is 0.267 e. The third kappa shape index (κ3) is 4.49. The Kier molecular flexibility index (Phi) is 5.62. The fourth-order valence-electron chi connectivity index (χ4n) is 2.61. The SMILES string of the molecule is O=C1/C(=C/c2ccccc2F)S/C(=N\N=C\c2cccnc2)N1Cc1ccco1. The van der Waals surface area contributed by atoms with Crippen LogP contribution in [0.2, 0.25) is 0 Å². The number of carbonyl (C=O) groups excluding carboxylic acids is 1. The van der Waals surface area contributed by atoms with Crippen LogP contribution in [0.1, 0.15) is 16.9 Å². The number of carbonyl (C=O) groups is 1. The zero-order chi connectivity index (χ0) is 20.1. The van der Waals surface area contributed by atoms with Gasteiger partial charge >= 0.3 is 0 Å². The summed E-state index contributed by atoms with van der Waals surface area (Å²) in [7, 11) is 0. The number of pyridine rings is 1. The summed E-state index contributed by atoms with van der Waals surface area (Å²) >= 11 is 1.14. The Bertz CT molecular complexity index is 1090. The summed E-state index contributed by atoms with van der Waals surface area (Å²) in [4.78, 5) is 18.7. The molecule has 0 spiro atoms. The molecule has 0 saturated carbocycles. The van der Waals surface area contributed by atoms with E-state index in [9.17, 15) is 9.18 Å².